The van der Waals surface area contributed by atoms with Crippen molar-refractivity contribution in [3.8, 4) is 0 Å². The van der Waals surface area contributed by atoms with Crippen molar-refractivity contribution < 1.29 is 9.18 Å². The lowest BCUT2D eigenvalue weighted by atomic mass is 10.1. The van der Waals surface area contributed by atoms with Crippen molar-refractivity contribution in [2.45, 2.75) is 6.92 Å². The summed E-state index contributed by atoms with van der Waals surface area (Å²) in [6, 6.07) is 3.12. The number of carbonyl (C=O) groups excluding carboxylic acids is 1. The third kappa shape index (κ3) is 3.21. The van der Waals surface area contributed by atoms with E-state index < -0.39 is 11.8 Å². The Labute approximate surface area is 90.9 Å². The third-order valence-corrected chi connectivity index (χ3v) is 1.97. The number of hydrogen-bond acceptors (Lipinski definition) is 2. The van der Waals surface area contributed by atoms with Gasteiger partial charge in [-0.2, -0.15) is 5.10 Å². The molecule has 2 amide bonds. The highest BCUT2D eigenvalue weighted by atomic mass is 35.5. The highest BCUT2D eigenvalue weighted by Crippen LogP contribution is 2.17. The van der Waals surface area contributed by atoms with Crippen LogP contribution in [0.15, 0.2) is 23.3 Å². The predicted octanol–water partition coefficient (Wildman–Crippen LogP) is 1.87. The van der Waals surface area contributed by atoms with Crippen LogP contribution in [0.4, 0.5) is 9.18 Å². The van der Waals surface area contributed by atoms with Crippen molar-refractivity contribution in [2.24, 2.45) is 10.8 Å². The summed E-state index contributed by atoms with van der Waals surface area (Å²) < 4.78 is 12.7. The minimum absolute atomic E-state index is 0.225. The van der Waals surface area contributed by atoms with Crippen LogP contribution in [0.1, 0.15) is 12.5 Å². The van der Waals surface area contributed by atoms with Crippen molar-refractivity contribution in [3.63, 3.8) is 0 Å². The number of carbonyl (C=O) groups is 1. The van der Waals surface area contributed by atoms with Crippen LogP contribution in [-0.2, 0) is 0 Å². The van der Waals surface area contributed by atoms with Gasteiger partial charge in [0.2, 0.25) is 0 Å². The molecule has 0 radical (unpaired) electrons. The molecule has 0 aliphatic rings. The number of amides is 2. The van der Waals surface area contributed by atoms with Gasteiger partial charge < -0.3 is 5.73 Å². The van der Waals surface area contributed by atoms with Gasteiger partial charge in [-0.1, -0.05) is 11.6 Å². The minimum atomic E-state index is -0.771. The van der Waals surface area contributed by atoms with Gasteiger partial charge in [-0.3, -0.25) is 0 Å². The average molecular weight is 230 g/mol. The van der Waals surface area contributed by atoms with Gasteiger partial charge in [-0.05, 0) is 25.1 Å². The first kappa shape index (κ1) is 11.5. The Morgan fingerprint density at radius 1 is 1.60 bits per heavy atom. The molecule has 0 aliphatic heterocycles. The molecule has 4 nitrogen and oxygen atoms in total. The Morgan fingerprint density at radius 2 is 2.27 bits per heavy atom. The number of urea groups is 1. The fourth-order valence-electron chi connectivity index (χ4n) is 0.982. The second-order valence-corrected chi connectivity index (χ2v) is 3.20. The van der Waals surface area contributed by atoms with E-state index >= 15 is 0 Å². The highest BCUT2D eigenvalue weighted by molar-refractivity contribution is 6.34. The number of nitrogens with two attached hydrogens (primary N) is 1. The predicted molar refractivity (Wildman–Crippen MR) is 56.3 cm³/mol. The smallest absolute Gasteiger partial charge is 0.332 e. The van der Waals surface area contributed by atoms with E-state index in [0.29, 0.717) is 11.3 Å². The molecule has 0 saturated heterocycles. The Bertz CT molecular complexity index is 420. The maximum atomic E-state index is 12.7. The Hall–Kier alpha value is -1.62. The molecular formula is C9H9ClFN3O. The second-order valence-electron chi connectivity index (χ2n) is 2.80. The Morgan fingerprint density at radius 3 is 2.80 bits per heavy atom. The van der Waals surface area contributed by atoms with Crippen LogP contribution in [0.3, 0.4) is 0 Å². The standard InChI is InChI=1S/C9H9ClFN3O/c1-5(13-14-9(12)15)7-3-2-6(11)4-8(7)10/h2-4H,1H3,(H3,12,14,15). The van der Waals surface area contributed by atoms with Gasteiger partial charge in [-0.15, -0.1) is 0 Å². The van der Waals surface area contributed by atoms with E-state index in [1.165, 1.54) is 18.2 Å². The summed E-state index contributed by atoms with van der Waals surface area (Å²) in [6.07, 6.45) is 0. The molecule has 80 valence electrons. The van der Waals surface area contributed by atoms with Crippen LogP contribution in [-0.4, -0.2) is 11.7 Å². The summed E-state index contributed by atoms with van der Waals surface area (Å²) in [7, 11) is 0. The maximum Gasteiger partial charge on any atom is 0.332 e. The molecule has 0 saturated carbocycles. The van der Waals surface area contributed by atoms with Crippen LogP contribution in [0.5, 0.6) is 0 Å². The van der Waals surface area contributed by atoms with Crippen molar-refractivity contribution in [1.82, 2.24) is 5.43 Å². The third-order valence-electron chi connectivity index (χ3n) is 1.65. The monoisotopic (exact) mass is 229 g/mol. The van der Waals surface area contributed by atoms with Crippen LogP contribution in [0.2, 0.25) is 5.02 Å². The number of rotatable bonds is 2. The molecule has 1 aromatic rings. The van der Waals surface area contributed by atoms with E-state index in [4.69, 9.17) is 17.3 Å². The van der Waals surface area contributed by atoms with E-state index in [1.54, 1.807) is 6.92 Å². The molecule has 0 fully saturated rings. The molecule has 6 heteroatoms. The first-order chi connectivity index (χ1) is 7.00. The van der Waals surface area contributed by atoms with E-state index in [2.05, 4.69) is 10.5 Å². The van der Waals surface area contributed by atoms with Gasteiger partial charge in [0, 0.05) is 5.56 Å². The zero-order valence-electron chi connectivity index (χ0n) is 7.92. The van der Waals surface area contributed by atoms with E-state index in [9.17, 15) is 9.18 Å². The number of primary amides is 1. The number of nitrogens with zero attached hydrogens (tertiary/aromatic N) is 1. The number of hydrogen-bond donors (Lipinski definition) is 2. The molecule has 0 atom stereocenters. The fourth-order valence-corrected chi connectivity index (χ4v) is 1.29. The number of halogens is 2. The van der Waals surface area contributed by atoms with Gasteiger partial charge in [0.25, 0.3) is 0 Å². The largest absolute Gasteiger partial charge is 0.350 e. The second kappa shape index (κ2) is 4.75. The molecule has 15 heavy (non-hydrogen) atoms. The van der Waals surface area contributed by atoms with Crippen LogP contribution in [0, 0.1) is 5.82 Å². The molecular weight excluding hydrogens is 221 g/mol. The topological polar surface area (TPSA) is 67.5 Å². The lowest BCUT2D eigenvalue weighted by Gasteiger charge is -2.03. The molecule has 0 aliphatic carbocycles. The molecule has 0 bridgehead atoms. The summed E-state index contributed by atoms with van der Waals surface area (Å²) in [5.41, 5.74) is 7.87. The molecule has 3 N–H and O–H groups in total. The summed E-state index contributed by atoms with van der Waals surface area (Å²) in [5, 5.41) is 3.89. The van der Waals surface area contributed by atoms with Gasteiger partial charge in [0.1, 0.15) is 5.82 Å². The molecule has 0 aromatic heterocycles. The minimum Gasteiger partial charge on any atom is -0.350 e. The van der Waals surface area contributed by atoms with Crippen molar-refractivity contribution in [2.75, 3.05) is 0 Å². The summed E-state index contributed by atoms with van der Waals surface area (Å²) in [6.45, 7) is 1.62. The number of benzene rings is 1. The lowest BCUT2D eigenvalue weighted by Crippen LogP contribution is -2.25. The quantitative estimate of drug-likeness (QED) is 0.590. The van der Waals surface area contributed by atoms with E-state index in [1.807, 2.05) is 0 Å². The number of hydrazone groups is 1. The van der Waals surface area contributed by atoms with Crippen LogP contribution in [0.25, 0.3) is 0 Å². The average Bonchev–Trinajstić information content (AvgIpc) is 2.14. The summed E-state index contributed by atoms with van der Waals surface area (Å²) in [4.78, 5) is 10.4. The molecule has 1 rings (SSSR count). The van der Waals surface area contributed by atoms with Crippen LogP contribution < -0.4 is 11.2 Å². The van der Waals surface area contributed by atoms with Crippen molar-refractivity contribution in [3.05, 3.63) is 34.6 Å². The molecule has 0 spiro atoms. The Balaban J connectivity index is 2.95. The van der Waals surface area contributed by atoms with Crippen LogP contribution >= 0.6 is 11.6 Å². The first-order valence-corrected chi connectivity index (χ1v) is 4.43. The van der Waals surface area contributed by atoms with Gasteiger partial charge >= 0.3 is 6.03 Å². The zero-order valence-corrected chi connectivity index (χ0v) is 8.68. The van der Waals surface area contributed by atoms with Crippen molar-refractivity contribution in [1.29, 1.82) is 0 Å². The first-order valence-electron chi connectivity index (χ1n) is 4.06. The zero-order chi connectivity index (χ0) is 11.4. The molecule has 1 aromatic carbocycles. The van der Waals surface area contributed by atoms with E-state index in [0.717, 1.165) is 0 Å². The van der Waals surface area contributed by atoms with Gasteiger partial charge in [-0.25, -0.2) is 14.6 Å². The van der Waals surface area contributed by atoms with Gasteiger partial charge in [0.15, 0.2) is 0 Å². The van der Waals surface area contributed by atoms with E-state index in [-0.39, 0.29) is 5.02 Å². The summed E-state index contributed by atoms with van der Waals surface area (Å²) >= 11 is 5.77. The Kier molecular flexibility index (Phi) is 3.62. The highest BCUT2D eigenvalue weighted by Gasteiger charge is 2.05. The maximum absolute atomic E-state index is 12.7. The van der Waals surface area contributed by atoms with Gasteiger partial charge in [0.05, 0.1) is 10.7 Å². The SMILES string of the molecule is CC(=NNC(N)=O)c1ccc(F)cc1Cl. The molecule has 0 heterocycles. The number of nitrogens with one attached hydrogen (secondary N) is 1. The van der Waals surface area contributed by atoms with Crippen molar-refractivity contribution >= 4 is 23.3 Å². The fraction of sp³-hybridized carbons (Fsp3) is 0.111. The molecule has 0 unspecified atom stereocenters. The summed E-state index contributed by atoms with van der Waals surface area (Å²) in [5.74, 6) is -0.431. The lowest BCUT2D eigenvalue weighted by molar-refractivity contribution is 0.249. The normalized spacial score (nSPS) is 11.3.